The molecule has 0 fully saturated rings. The standard InChI is InChI=1S/C39H70NO8P/c1-3-5-7-9-11-12-13-14-15-16-17-18-19-20-21-22-23-24-26-28-30-32-39(42)48-37(36-47-49(43,44)46-34-33-40)35-45-38(41)31-29-27-25-10-8-6-4-2/h15-16,18-19,21-22,24,26,37H,3-14,17,20,23,25,27-36,40H2,1-2H3,(H,43,44)/b16-15+,19-18+,22-21+,26-24+/t37-/m1/s1. The van der Waals surface area contributed by atoms with Crippen LogP contribution in [0.5, 0.6) is 0 Å². The highest BCUT2D eigenvalue weighted by atomic mass is 31.2. The van der Waals surface area contributed by atoms with Gasteiger partial charge in [-0.3, -0.25) is 18.6 Å². The quantitative estimate of drug-likeness (QED) is 0.0285. The van der Waals surface area contributed by atoms with Gasteiger partial charge in [0.15, 0.2) is 6.10 Å². The van der Waals surface area contributed by atoms with Crippen molar-refractivity contribution in [2.75, 3.05) is 26.4 Å². The van der Waals surface area contributed by atoms with Crippen LogP contribution in [-0.2, 0) is 32.7 Å². The number of ether oxygens (including phenoxy) is 2. The number of allylic oxidation sites excluding steroid dienone is 8. The number of phosphoric ester groups is 1. The first-order chi connectivity index (χ1) is 23.8. The van der Waals surface area contributed by atoms with Crippen LogP contribution in [-0.4, -0.2) is 49.3 Å². The van der Waals surface area contributed by atoms with E-state index in [1.165, 1.54) is 70.6 Å². The van der Waals surface area contributed by atoms with E-state index in [2.05, 4.69) is 56.4 Å². The summed E-state index contributed by atoms with van der Waals surface area (Å²) in [7, 11) is -4.38. The number of unbranched alkanes of at least 4 members (excludes halogenated alkanes) is 14. The summed E-state index contributed by atoms with van der Waals surface area (Å²) in [6.45, 7) is 3.59. The molecule has 0 saturated heterocycles. The topological polar surface area (TPSA) is 134 Å². The van der Waals surface area contributed by atoms with Crippen LogP contribution in [0.2, 0.25) is 0 Å². The van der Waals surface area contributed by atoms with Crippen molar-refractivity contribution in [3.63, 3.8) is 0 Å². The van der Waals surface area contributed by atoms with Gasteiger partial charge in [0.1, 0.15) is 6.61 Å². The molecule has 0 amide bonds. The summed E-state index contributed by atoms with van der Waals surface area (Å²) in [5.74, 6) is -0.905. The van der Waals surface area contributed by atoms with Crippen molar-refractivity contribution >= 4 is 19.8 Å². The van der Waals surface area contributed by atoms with E-state index in [0.29, 0.717) is 12.8 Å². The number of hydrogen-bond donors (Lipinski definition) is 2. The van der Waals surface area contributed by atoms with E-state index < -0.39 is 32.5 Å². The van der Waals surface area contributed by atoms with Gasteiger partial charge in [0.25, 0.3) is 0 Å². The molecule has 0 aromatic heterocycles. The lowest BCUT2D eigenvalue weighted by molar-refractivity contribution is -0.161. The van der Waals surface area contributed by atoms with Crippen molar-refractivity contribution in [1.82, 2.24) is 0 Å². The van der Waals surface area contributed by atoms with Gasteiger partial charge in [-0.05, 0) is 51.4 Å². The summed E-state index contributed by atoms with van der Waals surface area (Å²) in [6.07, 6.45) is 38.9. The predicted octanol–water partition coefficient (Wildman–Crippen LogP) is 10.4. The van der Waals surface area contributed by atoms with Crippen LogP contribution in [0.25, 0.3) is 0 Å². The van der Waals surface area contributed by atoms with Crippen molar-refractivity contribution in [3.8, 4) is 0 Å². The fourth-order valence-corrected chi connectivity index (χ4v) is 5.63. The molecule has 0 spiro atoms. The molecule has 10 heteroatoms. The molecule has 0 radical (unpaired) electrons. The van der Waals surface area contributed by atoms with Crippen molar-refractivity contribution in [3.05, 3.63) is 48.6 Å². The maximum atomic E-state index is 12.5. The average Bonchev–Trinajstić information content (AvgIpc) is 3.08. The van der Waals surface area contributed by atoms with Gasteiger partial charge in [-0.15, -0.1) is 0 Å². The SMILES string of the molecule is CCCCCCCCC/C=C/C/C=C/C/C=C/C/C=C/CCCC(=O)O[C@H](COC(=O)CCCCCCCCC)COP(=O)(O)OCCN. The molecule has 0 aromatic rings. The third-order valence-electron chi connectivity index (χ3n) is 7.72. The summed E-state index contributed by atoms with van der Waals surface area (Å²) < 4.78 is 32.4. The highest BCUT2D eigenvalue weighted by molar-refractivity contribution is 7.47. The van der Waals surface area contributed by atoms with Gasteiger partial charge >= 0.3 is 19.8 Å². The van der Waals surface area contributed by atoms with Crippen LogP contribution >= 0.6 is 7.82 Å². The Morgan fingerprint density at radius 1 is 0.612 bits per heavy atom. The van der Waals surface area contributed by atoms with Gasteiger partial charge in [-0.2, -0.15) is 0 Å². The van der Waals surface area contributed by atoms with E-state index in [9.17, 15) is 19.0 Å². The van der Waals surface area contributed by atoms with E-state index in [4.69, 9.17) is 24.3 Å². The summed E-state index contributed by atoms with van der Waals surface area (Å²) in [5, 5.41) is 0. The lowest BCUT2D eigenvalue weighted by Gasteiger charge is -2.19. The maximum Gasteiger partial charge on any atom is 0.472 e. The molecule has 0 saturated carbocycles. The fourth-order valence-electron chi connectivity index (χ4n) is 4.86. The molecular weight excluding hydrogens is 641 g/mol. The Bertz CT molecular complexity index is 949. The van der Waals surface area contributed by atoms with Crippen LogP contribution in [0.3, 0.4) is 0 Å². The minimum Gasteiger partial charge on any atom is -0.462 e. The molecule has 9 nitrogen and oxygen atoms in total. The van der Waals surface area contributed by atoms with Gasteiger partial charge < -0.3 is 20.1 Å². The third-order valence-corrected chi connectivity index (χ3v) is 8.70. The van der Waals surface area contributed by atoms with Gasteiger partial charge in [0.2, 0.25) is 0 Å². The first kappa shape index (κ1) is 47.0. The molecule has 0 aromatic carbocycles. The average molecular weight is 712 g/mol. The third kappa shape index (κ3) is 35.6. The number of hydrogen-bond acceptors (Lipinski definition) is 8. The molecule has 3 N–H and O–H groups in total. The molecule has 1 unspecified atom stereocenters. The zero-order valence-electron chi connectivity index (χ0n) is 30.9. The number of nitrogens with two attached hydrogens (primary N) is 1. The van der Waals surface area contributed by atoms with E-state index in [0.717, 1.165) is 44.9 Å². The second-order valence-corrected chi connectivity index (χ2v) is 13.9. The van der Waals surface area contributed by atoms with Crippen molar-refractivity contribution < 1.29 is 37.6 Å². The van der Waals surface area contributed by atoms with Gasteiger partial charge in [-0.25, -0.2) is 4.57 Å². The van der Waals surface area contributed by atoms with Crippen molar-refractivity contribution in [2.24, 2.45) is 5.73 Å². The van der Waals surface area contributed by atoms with Crippen molar-refractivity contribution in [1.29, 1.82) is 0 Å². The highest BCUT2D eigenvalue weighted by Crippen LogP contribution is 2.43. The minimum absolute atomic E-state index is 0.0438. The lowest BCUT2D eigenvalue weighted by Crippen LogP contribution is -2.29. The van der Waals surface area contributed by atoms with Gasteiger partial charge in [-0.1, -0.05) is 140 Å². The lowest BCUT2D eigenvalue weighted by atomic mass is 10.1. The smallest absolute Gasteiger partial charge is 0.462 e. The van der Waals surface area contributed by atoms with Crippen LogP contribution in [0.4, 0.5) is 0 Å². The zero-order chi connectivity index (χ0) is 36.1. The predicted molar refractivity (Wildman–Crippen MR) is 201 cm³/mol. The van der Waals surface area contributed by atoms with Crippen LogP contribution in [0.1, 0.15) is 155 Å². The van der Waals surface area contributed by atoms with Crippen LogP contribution in [0, 0.1) is 0 Å². The molecule has 0 aliphatic heterocycles. The second kappa shape index (κ2) is 35.8. The molecule has 0 heterocycles. The summed E-state index contributed by atoms with van der Waals surface area (Å²) in [5.41, 5.74) is 5.31. The molecule has 284 valence electrons. The Labute approximate surface area is 298 Å². The molecule has 0 bridgehead atoms. The Morgan fingerprint density at radius 2 is 1.08 bits per heavy atom. The van der Waals surface area contributed by atoms with Gasteiger partial charge in [0.05, 0.1) is 13.2 Å². The highest BCUT2D eigenvalue weighted by Gasteiger charge is 2.25. The maximum absolute atomic E-state index is 12.5. The molecule has 0 aliphatic rings. The first-order valence-electron chi connectivity index (χ1n) is 19.1. The van der Waals surface area contributed by atoms with Crippen molar-refractivity contribution in [2.45, 2.75) is 161 Å². The monoisotopic (exact) mass is 711 g/mol. The minimum atomic E-state index is -4.38. The Kier molecular flexibility index (Phi) is 34.3. The Morgan fingerprint density at radius 3 is 1.63 bits per heavy atom. The van der Waals surface area contributed by atoms with E-state index >= 15 is 0 Å². The number of rotatable bonds is 35. The second-order valence-electron chi connectivity index (χ2n) is 12.4. The normalized spacial score (nSPS) is 14.0. The largest absolute Gasteiger partial charge is 0.472 e. The molecular formula is C39H70NO8P. The van der Waals surface area contributed by atoms with E-state index in [1.54, 1.807) is 0 Å². The summed E-state index contributed by atoms with van der Waals surface area (Å²) in [4.78, 5) is 34.5. The summed E-state index contributed by atoms with van der Waals surface area (Å²) in [6, 6.07) is 0. The number of phosphoric acid groups is 1. The molecule has 0 rings (SSSR count). The zero-order valence-corrected chi connectivity index (χ0v) is 31.8. The molecule has 49 heavy (non-hydrogen) atoms. The first-order valence-corrected chi connectivity index (χ1v) is 20.6. The van der Waals surface area contributed by atoms with Crippen LogP contribution in [0.15, 0.2) is 48.6 Å². The summed E-state index contributed by atoms with van der Waals surface area (Å²) >= 11 is 0. The Hall–Kier alpha value is -2.03. The van der Waals surface area contributed by atoms with Gasteiger partial charge in [0, 0.05) is 19.4 Å². The molecule has 0 aliphatic carbocycles. The number of carbonyl (C=O) groups is 2. The van der Waals surface area contributed by atoms with Crippen LogP contribution < -0.4 is 5.73 Å². The Balaban J connectivity index is 4.25. The van der Waals surface area contributed by atoms with E-state index in [1.807, 2.05) is 6.08 Å². The number of esters is 2. The number of carbonyl (C=O) groups excluding carboxylic acids is 2. The molecule has 2 atom stereocenters. The van der Waals surface area contributed by atoms with E-state index in [-0.39, 0.29) is 32.6 Å². The fraction of sp³-hybridized carbons (Fsp3) is 0.744.